The molecule has 0 bridgehead atoms. The van der Waals surface area contributed by atoms with E-state index in [-0.39, 0.29) is 0 Å². The Kier molecular flexibility index (Phi) is 3.73. The Balaban J connectivity index is 2.26. The number of likely N-dealkylation sites (N-methyl/N-ethyl adjacent to an activating group) is 1. The summed E-state index contributed by atoms with van der Waals surface area (Å²) < 4.78 is 1.33. The van der Waals surface area contributed by atoms with E-state index in [1.54, 1.807) is 0 Å². The Hall–Kier alpha value is -0.722. The second-order valence-corrected chi connectivity index (χ2v) is 5.60. The summed E-state index contributed by atoms with van der Waals surface area (Å²) in [5.41, 5.74) is 11.1. The van der Waals surface area contributed by atoms with Gasteiger partial charge in [0.25, 0.3) is 0 Å². The Bertz CT molecular complexity index is 437. The number of hydrogen-bond donors (Lipinski definition) is 0. The molecule has 0 aromatic heterocycles. The van der Waals surface area contributed by atoms with Gasteiger partial charge >= 0.3 is 108 Å². The minimum absolute atomic E-state index is 0.640. The van der Waals surface area contributed by atoms with Crippen molar-refractivity contribution in [2.75, 3.05) is 20.1 Å². The summed E-state index contributed by atoms with van der Waals surface area (Å²) in [7, 11) is 2.15. The number of rotatable bonds is 2. The SMILES string of the molecule is CN1CCC=C([C](=[W])c2ccccc2[NH-])C1. The van der Waals surface area contributed by atoms with Crippen LogP contribution in [0.25, 0.3) is 5.73 Å². The van der Waals surface area contributed by atoms with E-state index in [2.05, 4.69) is 24.1 Å². The second kappa shape index (κ2) is 5.07. The molecular weight excluding hydrogens is 368 g/mol. The van der Waals surface area contributed by atoms with Crippen LogP contribution in [0, 0.1) is 0 Å². The van der Waals surface area contributed by atoms with Gasteiger partial charge in [-0.15, -0.1) is 0 Å². The van der Waals surface area contributed by atoms with Crippen molar-refractivity contribution in [1.82, 2.24) is 4.90 Å². The van der Waals surface area contributed by atoms with Crippen LogP contribution in [0.3, 0.4) is 0 Å². The van der Waals surface area contributed by atoms with E-state index >= 15 is 0 Å². The molecule has 2 nitrogen and oxygen atoms in total. The van der Waals surface area contributed by atoms with Crippen LogP contribution in [0.15, 0.2) is 35.9 Å². The van der Waals surface area contributed by atoms with Gasteiger partial charge in [-0.2, -0.15) is 0 Å². The van der Waals surface area contributed by atoms with Crippen LogP contribution < -0.4 is 0 Å². The summed E-state index contributed by atoms with van der Waals surface area (Å²) in [4.78, 5) is 2.34. The summed E-state index contributed by atoms with van der Waals surface area (Å²) >= 11 is 1.45. The van der Waals surface area contributed by atoms with Crippen LogP contribution in [-0.4, -0.2) is 28.9 Å². The van der Waals surface area contributed by atoms with Gasteiger partial charge in [0.2, 0.25) is 0 Å². The normalized spacial score (nSPS) is 16.9. The van der Waals surface area contributed by atoms with Crippen molar-refractivity contribution in [3.8, 4) is 0 Å². The van der Waals surface area contributed by atoms with Crippen molar-refractivity contribution in [2.24, 2.45) is 0 Å². The van der Waals surface area contributed by atoms with Crippen LogP contribution in [0.2, 0.25) is 0 Å². The standard InChI is InChI=1S/C13H15N2.W/c1-15-8-4-5-11(10-15)9-12-6-2-3-7-13(12)14;/h2-3,5-7,14H,4,8,10H2,1H3;/q-1;. The molecule has 1 aromatic rings. The maximum absolute atomic E-state index is 7.92. The van der Waals surface area contributed by atoms with Crippen molar-refractivity contribution >= 4 is 9.59 Å². The fourth-order valence-electron chi connectivity index (χ4n) is 1.91. The zero-order chi connectivity index (χ0) is 11.5. The molecule has 0 unspecified atom stereocenters. The molecule has 2 rings (SSSR count). The van der Waals surface area contributed by atoms with Gasteiger partial charge in [-0.25, -0.2) is 0 Å². The molecule has 0 amide bonds. The Labute approximate surface area is 108 Å². The van der Waals surface area contributed by atoms with Gasteiger partial charge in [0, 0.05) is 0 Å². The monoisotopic (exact) mass is 383 g/mol. The Morgan fingerprint density at radius 2 is 2.12 bits per heavy atom. The van der Waals surface area contributed by atoms with Crippen LogP contribution in [0.4, 0.5) is 5.69 Å². The Morgan fingerprint density at radius 3 is 2.81 bits per heavy atom. The van der Waals surface area contributed by atoms with E-state index < -0.39 is 0 Å². The predicted octanol–water partition coefficient (Wildman–Crippen LogP) is 2.70. The average molecular weight is 383 g/mol. The van der Waals surface area contributed by atoms with E-state index in [0.29, 0.717) is 5.69 Å². The molecule has 1 heterocycles. The predicted molar refractivity (Wildman–Crippen MR) is 64.7 cm³/mol. The van der Waals surface area contributed by atoms with Crippen molar-refractivity contribution in [1.29, 1.82) is 0 Å². The third kappa shape index (κ3) is 2.50. The van der Waals surface area contributed by atoms with E-state index in [9.17, 15) is 0 Å². The second-order valence-electron chi connectivity index (χ2n) is 4.13. The van der Waals surface area contributed by atoms with Crippen LogP contribution >= 0.6 is 0 Å². The first-order valence-corrected chi connectivity index (χ1v) is 6.88. The van der Waals surface area contributed by atoms with Crippen LogP contribution in [0.5, 0.6) is 0 Å². The molecular formula is C13H15N2W-. The number of nitrogens with zero attached hydrogens (tertiary/aromatic N) is 1. The van der Waals surface area contributed by atoms with Crippen LogP contribution in [0.1, 0.15) is 12.0 Å². The van der Waals surface area contributed by atoms with Gasteiger partial charge in [0.05, 0.1) is 0 Å². The Morgan fingerprint density at radius 1 is 1.38 bits per heavy atom. The van der Waals surface area contributed by atoms with Crippen LogP contribution in [-0.2, 0) is 19.4 Å². The van der Waals surface area contributed by atoms with Crippen molar-refractivity contribution < 1.29 is 19.4 Å². The third-order valence-corrected chi connectivity index (χ3v) is 4.54. The quantitative estimate of drug-likeness (QED) is 0.772. The van der Waals surface area contributed by atoms with E-state index in [1.165, 1.54) is 28.8 Å². The number of hydrogen-bond acceptors (Lipinski definition) is 1. The molecule has 0 radical (unpaired) electrons. The number of nitrogens with one attached hydrogen (secondary N) is 1. The molecule has 1 aliphatic heterocycles. The first-order valence-electron chi connectivity index (χ1n) is 5.41. The molecule has 0 saturated carbocycles. The van der Waals surface area contributed by atoms with Gasteiger partial charge in [-0.05, 0) is 0 Å². The van der Waals surface area contributed by atoms with Crippen molar-refractivity contribution in [3.63, 3.8) is 0 Å². The topological polar surface area (TPSA) is 27.0 Å². The molecule has 0 spiro atoms. The molecule has 0 fully saturated rings. The molecule has 3 heteroatoms. The van der Waals surface area contributed by atoms with E-state index in [0.717, 1.165) is 25.1 Å². The van der Waals surface area contributed by atoms with Crippen molar-refractivity contribution in [3.05, 3.63) is 47.2 Å². The zero-order valence-corrected chi connectivity index (χ0v) is 12.3. The molecule has 0 atom stereocenters. The van der Waals surface area contributed by atoms with Gasteiger partial charge < -0.3 is 0 Å². The summed E-state index contributed by atoms with van der Waals surface area (Å²) in [6.07, 6.45) is 3.46. The molecule has 84 valence electrons. The third-order valence-electron chi connectivity index (χ3n) is 2.81. The molecule has 1 N–H and O–H groups in total. The van der Waals surface area contributed by atoms with Crippen molar-refractivity contribution in [2.45, 2.75) is 6.42 Å². The van der Waals surface area contributed by atoms with Gasteiger partial charge in [-0.3, -0.25) is 0 Å². The zero-order valence-electron chi connectivity index (χ0n) is 9.36. The van der Waals surface area contributed by atoms with E-state index in [4.69, 9.17) is 5.73 Å². The minimum atomic E-state index is 0.640. The summed E-state index contributed by atoms with van der Waals surface area (Å²) in [5, 5.41) is 0. The molecule has 0 saturated heterocycles. The van der Waals surface area contributed by atoms with Gasteiger partial charge in [0.1, 0.15) is 0 Å². The van der Waals surface area contributed by atoms with E-state index in [1.807, 2.05) is 18.2 Å². The van der Waals surface area contributed by atoms with Gasteiger partial charge in [-0.1, -0.05) is 0 Å². The summed E-state index contributed by atoms with van der Waals surface area (Å²) in [6.45, 7) is 2.17. The summed E-state index contributed by atoms with van der Waals surface area (Å²) in [5.74, 6) is 0. The molecule has 0 aliphatic carbocycles. The first kappa shape index (κ1) is 11.8. The molecule has 1 aromatic carbocycles. The summed E-state index contributed by atoms with van der Waals surface area (Å²) in [6, 6.07) is 7.87. The maximum atomic E-state index is 7.92. The first-order chi connectivity index (χ1) is 7.68. The fraction of sp³-hybridized carbons (Fsp3) is 0.308. The fourth-order valence-corrected chi connectivity index (χ4v) is 3.08. The molecule has 1 aliphatic rings. The number of benzene rings is 1. The van der Waals surface area contributed by atoms with Gasteiger partial charge in [0.15, 0.2) is 0 Å². The molecule has 16 heavy (non-hydrogen) atoms. The average Bonchev–Trinajstić information content (AvgIpc) is 2.29.